The lowest BCUT2D eigenvalue weighted by Crippen LogP contribution is -2.59. The lowest BCUT2D eigenvalue weighted by molar-refractivity contribution is -0.125. The number of carbonyl (C=O) groups is 2. The van der Waals surface area contributed by atoms with Crippen LogP contribution >= 0.6 is 0 Å². The summed E-state index contributed by atoms with van der Waals surface area (Å²) in [5.74, 6) is 0.0857. The Morgan fingerprint density at radius 1 is 1.07 bits per heavy atom. The number of carbonyl (C=O) groups excluding carboxylic acids is 2. The summed E-state index contributed by atoms with van der Waals surface area (Å²) >= 11 is 0. The van der Waals surface area contributed by atoms with Crippen LogP contribution in [0.1, 0.15) is 42.5 Å². The Bertz CT molecular complexity index is 726. The maximum Gasteiger partial charge on any atom is 0.338 e. The normalized spacial score (nSPS) is 19.0. The molecule has 1 N–H and O–H groups in total. The van der Waals surface area contributed by atoms with E-state index in [0.717, 1.165) is 39.1 Å². The molecule has 1 aromatic carbocycles. The number of rotatable bonds is 8. The van der Waals surface area contributed by atoms with Crippen molar-refractivity contribution in [2.45, 2.75) is 37.6 Å². The predicted octanol–water partition coefficient (Wildman–Crippen LogP) is 2.01. The van der Waals surface area contributed by atoms with E-state index in [9.17, 15) is 9.59 Å². The maximum atomic E-state index is 12.4. The summed E-state index contributed by atoms with van der Waals surface area (Å²) in [5, 5.41) is 2.99. The zero-order valence-corrected chi connectivity index (χ0v) is 17.9. The highest BCUT2D eigenvalue weighted by Crippen LogP contribution is 2.34. The van der Waals surface area contributed by atoms with Gasteiger partial charge in [-0.15, -0.1) is 0 Å². The van der Waals surface area contributed by atoms with Crippen molar-refractivity contribution in [2.24, 2.45) is 0 Å². The van der Waals surface area contributed by atoms with E-state index in [1.54, 1.807) is 12.1 Å². The fourth-order valence-electron chi connectivity index (χ4n) is 4.34. The lowest BCUT2D eigenvalue weighted by atomic mass is 9.79. The molecule has 1 aliphatic heterocycles. The van der Waals surface area contributed by atoms with Crippen LogP contribution in [0.2, 0.25) is 0 Å². The zero-order chi connectivity index (χ0) is 21.4. The second-order valence-electron chi connectivity index (χ2n) is 7.81. The van der Waals surface area contributed by atoms with Gasteiger partial charge in [-0.25, -0.2) is 4.79 Å². The van der Waals surface area contributed by atoms with Crippen LogP contribution in [0.25, 0.3) is 0 Å². The molecule has 0 aromatic heterocycles. The van der Waals surface area contributed by atoms with Crippen LogP contribution in [0.4, 0.5) is 0 Å². The van der Waals surface area contributed by atoms with E-state index >= 15 is 0 Å². The number of ether oxygens (including phenoxy) is 4. The van der Waals surface area contributed by atoms with Crippen molar-refractivity contribution in [3.05, 3.63) is 23.8 Å². The van der Waals surface area contributed by atoms with Crippen LogP contribution in [0.5, 0.6) is 11.5 Å². The number of hydrogen-bond donors (Lipinski definition) is 1. The minimum Gasteiger partial charge on any atom is -0.493 e. The summed E-state index contributed by atoms with van der Waals surface area (Å²) in [6, 6.07) is 4.75. The third-order valence-electron chi connectivity index (χ3n) is 6.03. The second-order valence-corrected chi connectivity index (χ2v) is 7.81. The number of methoxy groups -OCH3 is 2. The van der Waals surface area contributed by atoms with Gasteiger partial charge in [-0.3, -0.25) is 9.69 Å². The van der Waals surface area contributed by atoms with E-state index in [0.29, 0.717) is 23.6 Å². The Labute approximate surface area is 177 Å². The quantitative estimate of drug-likeness (QED) is 0.644. The van der Waals surface area contributed by atoms with Gasteiger partial charge in [0, 0.05) is 25.2 Å². The molecule has 166 valence electrons. The SMILES string of the molecule is COc1ccc(C(=O)OCC(=O)NCC2(N3CCOCC3)CCCCC2)cc1OC. The van der Waals surface area contributed by atoms with E-state index in [1.165, 1.54) is 39.5 Å². The van der Waals surface area contributed by atoms with Gasteiger partial charge in [0.2, 0.25) is 0 Å². The summed E-state index contributed by atoms with van der Waals surface area (Å²) in [6.07, 6.45) is 5.71. The summed E-state index contributed by atoms with van der Waals surface area (Å²) < 4.78 is 21.1. The number of morpholine rings is 1. The van der Waals surface area contributed by atoms with Crippen LogP contribution in [0.3, 0.4) is 0 Å². The second kappa shape index (κ2) is 10.6. The van der Waals surface area contributed by atoms with E-state index in [4.69, 9.17) is 18.9 Å². The fourth-order valence-corrected chi connectivity index (χ4v) is 4.34. The van der Waals surface area contributed by atoms with Gasteiger partial charge < -0.3 is 24.3 Å². The predicted molar refractivity (Wildman–Crippen MR) is 111 cm³/mol. The first-order valence-electron chi connectivity index (χ1n) is 10.6. The van der Waals surface area contributed by atoms with Gasteiger partial charge in [-0.2, -0.15) is 0 Å². The van der Waals surface area contributed by atoms with E-state index in [1.807, 2.05) is 0 Å². The number of benzene rings is 1. The van der Waals surface area contributed by atoms with Gasteiger partial charge in [-0.05, 0) is 31.0 Å². The molecule has 1 heterocycles. The molecule has 0 radical (unpaired) electrons. The fraction of sp³-hybridized carbons (Fsp3) is 0.636. The van der Waals surface area contributed by atoms with Crippen LogP contribution in [-0.2, 0) is 14.3 Å². The van der Waals surface area contributed by atoms with E-state index in [-0.39, 0.29) is 18.1 Å². The van der Waals surface area contributed by atoms with E-state index < -0.39 is 5.97 Å². The lowest BCUT2D eigenvalue weighted by Gasteiger charge is -2.48. The Morgan fingerprint density at radius 2 is 1.77 bits per heavy atom. The zero-order valence-electron chi connectivity index (χ0n) is 17.9. The third-order valence-corrected chi connectivity index (χ3v) is 6.03. The first-order valence-corrected chi connectivity index (χ1v) is 10.6. The molecule has 3 rings (SSSR count). The first kappa shape index (κ1) is 22.4. The molecule has 8 heteroatoms. The molecule has 1 aromatic rings. The molecule has 8 nitrogen and oxygen atoms in total. The van der Waals surface area contributed by atoms with Gasteiger partial charge in [0.25, 0.3) is 5.91 Å². The monoisotopic (exact) mass is 420 g/mol. The molecule has 1 saturated heterocycles. The van der Waals surface area contributed by atoms with E-state index in [2.05, 4.69) is 10.2 Å². The highest BCUT2D eigenvalue weighted by Gasteiger charge is 2.38. The van der Waals surface area contributed by atoms with Gasteiger partial charge in [0.15, 0.2) is 18.1 Å². The first-order chi connectivity index (χ1) is 14.6. The van der Waals surface area contributed by atoms with Crippen molar-refractivity contribution >= 4 is 11.9 Å². The third kappa shape index (κ3) is 5.43. The average Bonchev–Trinajstić information content (AvgIpc) is 2.81. The van der Waals surface area contributed by atoms with Crippen molar-refractivity contribution in [3.8, 4) is 11.5 Å². The van der Waals surface area contributed by atoms with Gasteiger partial charge in [0.05, 0.1) is 33.0 Å². The molecule has 0 spiro atoms. The minimum atomic E-state index is -0.577. The summed E-state index contributed by atoms with van der Waals surface area (Å²) in [4.78, 5) is 27.2. The molecular formula is C22H32N2O6. The van der Waals surface area contributed by atoms with Gasteiger partial charge >= 0.3 is 5.97 Å². The standard InChI is InChI=1S/C22H32N2O6/c1-27-18-7-6-17(14-19(18)28-2)21(26)30-15-20(25)23-16-22(8-4-3-5-9-22)24-10-12-29-13-11-24/h6-7,14H,3-5,8-13,15-16H2,1-2H3,(H,23,25). The molecule has 2 aliphatic rings. The van der Waals surface area contributed by atoms with Crippen molar-refractivity contribution in [1.29, 1.82) is 0 Å². The smallest absolute Gasteiger partial charge is 0.338 e. The minimum absolute atomic E-state index is 0.0228. The Balaban J connectivity index is 1.52. The number of nitrogens with one attached hydrogen (secondary N) is 1. The molecule has 1 aliphatic carbocycles. The highest BCUT2D eigenvalue weighted by molar-refractivity contribution is 5.92. The largest absolute Gasteiger partial charge is 0.493 e. The summed E-state index contributed by atoms with van der Waals surface area (Å²) in [5.41, 5.74) is 0.280. The van der Waals surface area contributed by atoms with Crippen LogP contribution < -0.4 is 14.8 Å². The Hall–Kier alpha value is -2.32. The van der Waals surface area contributed by atoms with Crippen molar-refractivity contribution < 1.29 is 28.5 Å². The Kier molecular flexibility index (Phi) is 7.93. The number of esters is 1. The average molecular weight is 421 g/mol. The summed E-state index contributed by atoms with van der Waals surface area (Å²) in [6.45, 7) is 3.51. The molecule has 1 saturated carbocycles. The topological polar surface area (TPSA) is 86.3 Å². The maximum absolute atomic E-state index is 12.4. The number of amides is 1. The van der Waals surface area contributed by atoms with Crippen LogP contribution in [0.15, 0.2) is 18.2 Å². The van der Waals surface area contributed by atoms with Crippen molar-refractivity contribution in [2.75, 3.05) is 53.7 Å². The van der Waals surface area contributed by atoms with Crippen LogP contribution in [0, 0.1) is 0 Å². The van der Waals surface area contributed by atoms with Gasteiger partial charge in [0.1, 0.15) is 0 Å². The van der Waals surface area contributed by atoms with Crippen molar-refractivity contribution in [1.82, 2.24) is 10.2 Å². The molecule has 0 unspecified atom stereocenters. The molecular weight excluding hydrogens is 388 g/mol. The molecule has 30 heavy (non-hydrogen) atoms. The molecule has 2 fully saturated rings. The molecule has 0 bridgehead atoms. The highest BCUT2D eigenvalue weighted by atomic mass is 16.5. The molecule has 1 amide bonds. The Morgan fingerprint density at radius 3 is 2.43 bits per heavy atom. The van der Waals surface area contributed by atoms with Crippen LogP contribution in [-0.4, -0.2) is 76.0 Å². The summed E-state index contributed by atoms with van der Waals surface area (Å²) in [7, 11) is 3.02. The van der Waals surface area contributed by atoms with Crippen molar-refractivity contribution in [3.63, 3.8) is 0 Å². The van der Waals surface area contributed by atoms with Gasteiger partial charge in [-0.1, -0.05) is 19.3 Å². The number of nitrogens with zero attached hydrogens (tertiary/aromatic N) is 1. The number of hydrogen-bond acceptors (Lipinski definition) is 7. The molecule has 0 atom stereocenters.